The van der Waals surface area contributed by atoms with Crippen LogP contribution >= 0.6 is 11.8 Å². The van der Waals surface area contributed by atoms with Gasteiger partial charge in [0.2, 0.25) is 0 Å². The molecule has 0 aliphatic rings. The van der Waals surface area contributed by atoms with Crippen LogP contribution in [0.1, 0.15) is 24.2 Å². The lowest BCUT2D eigenvalue weighted by Gasteiger charge is -2.12. The van der Waals surface area contributed by atoms with Crippen LogP contribution in [0.4, 0.5) is 4.39 Å². The van der Waals surface area contributed by atoms with Gasteiger partial charge in [-0.3, -0.25) is 4.79 Å². The van der Waals surface area contributed by atoms with Gasteiger partial charge >= 0.3 is 5.97 Å². The number of halogens is 1. The molecule has 0 fully saturated rings. The van der Waals surface area contributed by atoms with E-state index in [0.717, 1.165) is 0 Å². The van der Waals surface area contributed by atoms with Crippen LogP contribution in [0.3, 0.4) is 0 Å². The van der Waals surface area contributed by atoms with Gasteiger partial charge in [0.25, 0.3) is 0 Å². The zero-order valence-electron chi connectivity index (χ0n) is 9.99. The maximum absolute atomic E-state index is 13.4. The first-order chi connectivity index (χ1) is 7.95. The van der Waals surface area contributed by atoms with Gasteiger partial charge < -0.3 is 9.84 Å². The quantitative estimate of drug-likeness (QED) is 0.665. The van der Waals surface area contributed by atoms with Gasteiger partial charge in [-0.25, -0.2) is 4.39 Å². The van der Waals surface area contributed by atoms with Crippen LogP contribution in [-0.2, 0) is 9.53 Å². The number of carbonyl (C=O) groups is 1. The van der Waals surface area contributed by atoms with Crippen LogP contribution in [0.15, 0.2) is 17.0 Å². The number of aryl methyl sites for hydroxylation is 1. The molecule has 1 N–H and O–H groups in total. The van der Waals surface area contributed by atoms with Gasteiger partial charge in [-0.15, -0.1) is 11.8 Å². The van der Waals surface area contributed by atoms with E-state index in [0.29, 0.717) is 16.0 Å². The zero-order valence-corrected chi connectivity index (χ0v) is 10.8. The highest BCUT2D eigenvalue weighted by Gasteiger charge is 2.13. The van der Waals surface area contributed by atoms with E-state index in [1.54, 1.807) is 19.9 Å². The molecule has 1 aromatic carbocycles. The third-order valence-corrected chi connectivity index (χ3v) is 3.36. The van der Waals surface area contributed by atoms with Crippen LogP contribution in [0.5, 0.6) is 0 Å². The fourth-order valence-corrected chi connectivity index (χ4v) is 2.36. The summed E-state index contributed by atoms with van der Waals surface area (Å²) in [7, 11) is 1.31. The van der Waals surface area contributed by atoms with Crippen molar-refractivity contribution in [2.75, 3.05) is 12.9 Å². The van der Waals surface area contributed by atoms with Crippen molar-refractivity contribution in [2.24, 2.45) is 0 Å². The third-order valence-electron chi connectivity index (χ3n) is 2.31. The van der Waals surface area contributed by atoms with Gasteiger partial charge in [-0.05, 0) is 37.1 Å². The predicted molar refractivity (Wildman–Crippen MR) is 64.5 cm³/mol. The summed E-state index contributed by atoms with van der Waals surface area (Å²) in [6.07, 6.45) is -0.773. The molecule has 94 valence electrons. The van der Waals surface area contributed by atoms with Gasteiger partial charge in [-0.1, -0.05) is 0 Å². The van der Waals surface area contributed by atoms with Gasteiger partial charge in [-0.2, -0.15) is 0 Å². The molecule has 5 heteroatoms. The normalized spacial score (nSPS) is 12.3. The summed E-state index contributed by atoms with van der Waals surface area (Å²) in [6.45, 7) is 3.20. The monoisotopic (exact) mass is 258 g/mol. The van der Waals surface area contributed by atoms with Gasteiger partial charge in [0.15, 0.2) is 0 Å². The Morgan fingerprint density at radius 2 is 2.24 bits per heavy atom. The predicted octanol–water partition coefficient (Wildman–Crippen LogP) is 2.45. The molecule has 0 unspecified atom stereocenters. The minimum absolute atomic E-state index is 0.140. The lowest BCUT2D eigenvalue weighted by Crippen LogP contribution is -2.04. The summed E-state index contributed by atoms with van der Waals surface area (Å²) in [5.74, 6) is -0.571. The maximum atomic E-state index is 13.4. The van der Waals surface area contributed by atoms with E-state index in [4.69, 9.17) is 0 Å². The molecule has 0 spiro atoms. The standard InChI is InChI=1S/C12H15FO3S/c1-7-4-11(17-6-12(15)16-3)9(8(2)14)5-10(7)13/h4-5,8,14H,6H2,1-3H3/t8-/m1/s1. The van der Waals surface area contributed by atoms with Crippen LogP contribution in [0.2, 0.25) is 0 Å². The second-order valence-corrected chi connectivity index (χ2v) is 4.70. The zero-order chi connectivity index (χ0) is 13.0. The Bertz CT molecular complexity index is 418. The van der Waals surface area contributed by atoms with Gasteiger partial charge in [0, 0.05) is 4.90 Å². The molecular weight excluding hydrogens is 243 g/mol. The average Bonchev–Trinajstić information content (AvgIpc) is 2.29. The molecule has 0 amide bonds. The Hall–Kier alpha value is -1.07. The Morgan fingerprint density at radius 1 is 1.59 bits per heavy atom. The summed E-state index contributed by atoms with van der Waals surface area (Å²) in [5, 5.41) is 9.55. The van der Waals surface area contributed by atoms with Gasteiger partial charge in [0.05, 0.1) is 19.0 Å². The number of rotatable bonds is 4. The third kappa shape index (κ3) is 3.71. The van der Waals surface area contributed by atoms with Crippen LogP contribution < -0.4 is 0 Å². The number of ether oxygens (including phenoxy) is 1. The smallest absolute Gasteiger partial charge is 0.315 e. The highest BCUT2D eigenvalue weighted by atomic mass is 32.2. The fourth-order valence-electron chi connectivity index (χ4n) is 1.32. The maximum Gasteiger partial charge on any atom is 0.315 e. The number of esters is 1. The molecule has 1 atom stereocenters. The van der Waals surface area contributed by atoms with Crippen LogP contribution in [0.25, 0.3) is 0 Å². The molecule has 0 aliphatic heterocycles. The molecule has 1 aromatic rings. The lowest BCUT2D eigenvalue weighted by atomic mass is 10.1. The van der Waals surface area contributed by atoms with E-state index >= 15 is 0 Å². The number of benzene rings is 1. The summed E-state index contributed by atoms with van der Waals surface area (Å²) in [4.78, 5) is 11.7. The molecular formula is C12H15FO3S. The second kappa shape index (κ2) is 6.02. The average molecular weight is 258 g/mol. The first-order valence-electron chi connectivity index (χ1n) is 5.13. The fraction of sp³-hybridized carbons (Fsp3) is 0.417. The first kappa shape index (κ1) is 14.0. The molecule has 0 aromatic heterocycles. The van der Waals surface area contributed by atoms with Gasteiger partial charge in [0.1, 0.15) is 5.82 Å². The van der Waals surface area contributed by atoms with Crippen molar-refractivity contribution in [3.05, 3.63) is 29.1 Å². The van der Waals surface area contributed by atoms with E-state index in [9.17, 15) is 14.3 Å². The van der Waals surface area contributed by atoms with Crippen molar-refractivity contribution >= 4 is 17.7 Å². The Morgan fingerprint density at radius 3 is 2.76 bits per heavy atom. The van der Waals surface area contributed by atoms with E-state index in [1.807, 2.05) is 0 Å². The number of aliphatic hydroxyl groups excluding tert-OH is 1. The summed E-state index contributed by atoms with van der Waals surface area (Å²) in [6, 6.07) is 2.94. The largest absolute Gasteiger partial charge is 0.468 e. The van der Waals surface area contributed by atoms with Crippen molar-refractivity contribution < 1.29 is 19.0 Å². The Kier molecular flexibility index (Phi) is 4.96. The molecule has 17 heavy (non-hydrogen) atoms. The Balaban J connectivity index is 2.96. The minimum Gasteiger partial charge on any atom is -0.468 e. The number of hydrogen-bond acceptors (Lipinski definition) is 4. The highest BCUT2D eigenvalue weighted by molar-refractivity contribution is 8.00. The van der Waals surface area contributed by atoms with Crippen molar-refractivity contribution in [3.63, 3.8) is 0 Å². The van der Waals surface area contributed by atoms with E-state index in [-0.39, 0.29) is 17.5 Å². The lowest BCUT2D eigenvalue weighted by molar-refractivity contribution is -0.137. The summed E-state index contributed by atoms with van der Waals surface area (Å²) in [5.41, 5.74) is 0.976. The molecule has 3 nitrogen and oxygen atoms in total. The first-order valence-corrected chi connectivity index (χ1v) is 6.12. The second-order valence-electron chi connectivity index (χ2n) is 3.68. The van der Waals surface area contributed by atoms with Crippen molar-refractivity contribution in [1.82, 2.24) is 0 Å². The van der Waals surface area contributed by atoms with E-state index < -0.39 is 6.10 Å². The molecule has 0 bridgehead atoms. The number of hydrogen-bond donors (Lipinski definition) is 1. The van der Waals surface area contributed by atoms with Crippen molar-refractivity contribution in [1.29, 1.82) is 0 Å². The minimum atomic E-state index is -0.773. The molecule has 1 rings (SSSR count). The van der Waals surface area contributed by atoms with Crippen molar-refractivity contribution in [3.8, 4) is 0 Å². The molecule has 0 heterocycles. The summed E-state index contributed by atoms with van der Waals surface area (Å²) >= 11 is 1.23. The topological polar surface area (TPSA) is 46.5 Å². The SMILES string of the molecule is COC(=O)CSc1cc(C)c(F)cc1[C@@H](C)O. The number of carbonyl (C=O) groups excluding carboxylic acids is 1. The number of aliphatic hydroxyl groups is 1. The molecule has 0 radical (unpaired) electrons. The molecule has 0 saturated carbocycles. The van der Waals surface area contributed by atoms with Crippen LogP contribution in [-0.4, -0.2) is 23.9 Å². The number of methoxy groups -OCH3 is 1. The van der Waals surface area contributed by atoms with E-state index in [1.165, 1.54) is 24.9 Å². The Labute approximate surface area is 104 Å². The highest BCUT2D eigenvalue weighted by Crippen LogP contribution is 2.30. The summed E-state index contributed by atoms with van der Waals surface area (Å²) < 4.78 is 17.9. The van der Waals surface area contributed by atoms with Crippen molar-refractivity contribution in [2.45, 2.75) is 24.8 Å². The molecule has 0 saturated heterocycles. The number of thioether (sulfide) groups is 1. The van der Waals surface area contributed by atoms with E-state index in [2.05, 4.69) is 4.74 Å². The molecule has 0 aliphatic carbocycles. The van der Waals surface area contributed by atoms with Crippen LogP contribution in [0, 0.1) is 12.7 Å².